The lowest BCUT2D eigenvalue weighted by Crippen LogP contribution is -2.14. The molecule has 0 fully saturated rings. The Bertz CT molecular complexity index is 3180. The molecule has 1 aromatic heterocycles. The molecular weight excluding hydrogens is 755 g/mol. The average Bonchev–Trinajstić information content (AvgIpc) is 3.71. The maximum Gasteiger partial charge on any atom is 0.0540 e. The Morgan fingerprint density at radius 3 is 1.80 bits per heavy atom. The maximum absolute atomic E-state index is 2.43. The van der Waals surface area contributed by atoms with Crippen molar-refractivity contribution in [3.8, 4) is 44.5 Å². The van der Waals surface area contributed by atoms with E-state index in [1.54, 1.807) is 0 Å². The summed E-state index contributed by atoms with van der Waals surface area (Å²) in [5, 5.41) is 2.65. The largest absolute Gasteiger partial charge is 0.310 e. The minimum atomic E-state index is 0.453. The number of benzene rings is 8. The van der Waals surface area contributed by atoms with Crippen LogP contribution >= 0.6 is 11.3 Å². The van der Waals surface area contributed by atoms with Gasteiger partial charge in [-0.15, -0.1) is 11.3 Å². The first kappa shape index (κ1) is 36.8. The molecule has 2 aliphatic rings. The van der Waals surface area contributed by atoms with Gasteiger partial charge in [-0.25, -0.2) is 0 Å². The lowest BCUT2D eigenvalue weighted by atomic mass is 9.77. The van der Waals surface area contributed by atoms with Crippen molar-refractivity contribution in [2.45, 2.75) is 6.92 Å². The van der Waals surface area contributed by atoms with Gasteiger partial charge in [-0.2, -0.15) is 0 Å². The lowest BCUT2D eigenvalue weighted by molar-refractivity contribution is 0.585. The molecule has 61 heavy (non-hydrogen) atoms. The number of nitrogens with zero attached hydrogens (tertiary/aromatic N) is 1. The van der Waals surface area contributed by atoms with Crippen molar-refractivity contribution in [2.24, 2.45) is 11.8 Å². The maximum atomic E-state index is 2.43. The van der Waals surface area contributed by atoms with E-state index in [4.69, 9.17) is 0 Å². The molecule has 0 spiro atoms. The molecule has 0 bridgehead atoms. The monoisotopic (exact) mass is 797 g/mol. The van der Waals surface area contributed by atoms with Crippen molar-refractivity contribution in [1.29, 1.82) is 0 Å². The number of hydrogen-bond acceptors (Lipinski definition) is 2. The van der Waals surface area contributed by atoms with Gasteiger partial charge in [0.2, 0.25) is 0 Å². The second kappa shape index (κ2) is 15.7. The summed E-state index contributed by atoms with van der Waals surface area (Å²) in [5.41, 5.74) is 16.9. The van der Waals surface area contributed by atoms with Crippen molar-refractivity contribution < 1.29 is 0 Å². The smallest absolute Gasteiger partial charge is 0.0540 e. The molecule has 2 atom stereocenters. The van der Waals surface area contributed by atoms with E-state index >= 15 is 0 Å². The Balaban J connectivity index is 0.964. The van der Waals surface area contributed by atoms with E-state index in [0.717, 1.165) is 17.1 Å². The van der Waals surface area contributed by atoms with Crippen LogP contribution in [0.25, 0.3) is 70.3 Å². The average molecular weight is 798 g/mol. The topological polar surface area (TPSA) is 3.24 Å². The van der Waals surface area contributed by atoms with Crippen molar-refractivity contribution in [3.05, 3.63) is 242 Å². The lowest BCUT2D eigenvalue weighted by Gasteiger charge is -2.28. The van der Waals surface area contributed by atoms with Gasteiger partial charge in [0.1, 0.15) is 0 Å². The Morgan fingerprint density at radius 2 is 1.02 bits per heavy atom. The van der Waals surface area contributed by atoms with E-state index in [2.05, 4.69) is 242 Å². The van der Waals surface area contributed by atoms with Crippen LogP contribution in [0.3, 0.4) is 0 Å². The van der Waals surface area contributed by atoms with E-state index in [1.165, 1.54) is 81.4 Å². The zero-order valence-electron chi connectivity index (χ0n) is 33.9. The first-order chi connectivity index (χ1) is 30.1. The number of thiophene rings is 1. The third kappa shape index (κ3) is 7.05. The SMILES string of the molecule is CC1C=C(c2cccc(-c3ccc(N(c4ccc(-c5ccc6c(c5)sc5ccccc56)cc4)c4ccccc4-c4ccc(-c5ccccc5)cc4)cc3)c2)C=C2C=CC=CC21. The van der Waals surface area contributed by atoms with Gasteiger partial charge in [-0.05, 0) is 110 Å². The van der Waals surface area contributed by atoms with Crippen molar-refractivity contribution >= 4 is 54.1 Å². The van der Waals surface area contributed by atoms with E-state index in [0.29, 0.717) is 11.8 Å². The predicted molar refractivity (Wildman–Crippen MR) is 263 cm³/mol. The summed E-state index contributed by atoms with van der Waals surface area (Å²) < 4.78 is 2.64. The highest BCUT2D eigenvalue weighted by Crippen LogP contribution is 2.43. The molecule has 0 saturated heterocycles. The van der Waals surface area contributed by atoms with E-state index < -0.39 is 0 Å². The van der Waals surface area contributed by atoms with Gasteiger partial charge in [0.05, 0.1) is 5.69 Å². The molecule has 11 rings (SSSR count). The molecule has 0 N–H and O–H groups in total. The van der Waals surface area contributed by atoms with Crippen LogP contribution in [0.5, 0.6) is 0 Å². The molecule has 8 aromatic carbocycles. The Kier molecular flexibility index (Phi) is 9.49. The molecule has 0 amide bonds. The fourth-order valence-corrected chi connectivity index (χ4v) is 10.3. The van der Waals surface area contributed by atoms with E-state index in [-0.39, 0.29) is 0 Å². The summed E-state index contributed by atoms with van der Waals surface area (Å²) in [6.45, 7) is 2.33. The highest BCUT2D eigenvalue weighted by Gasteiger charge is 2.23. The summed E-state index contributed by atoms with van der Waals surface area (Å²) in [5.74, 6) is 0.910. The normalized spacial score (nSPS) is 15.7. The first-order valence-electron chi connectivity index (χ1n) is 21.2. The molecule has 2 unspecified atom stereocenters. The van der Waals surface area contributed by atoms with Crippen molar-refractivity contribution in [1.82, 2.24) is 0 Å². The van der Waals surface area contributed by atoms with Gasteiger partial charge in [-0.3, -0.25) is 0 Å². The second-order valence-corrected chi connectivity index (χ2v) is 17.3. The van der Waals surface area contributed by atoms with E-state index in [9.17, 15) is 0 Å². The molecule has 290 valence electrons. The summed E-state index contributed by atoms with van der Waals surface area (Å²) >= 11 is 1.87. The number of rotatable bonds is 8. The fraction of sp³-hybridized carbons (Fsp3) is 0.0508. The Morgan fingerprint density at radius 1 is 0.443 bits per heavy atom. The van der Waals surface area contributed by atoms with Gasteiger partial charge >= 0.3 is 0 Å². The van der Waals surface area contributed by atoms with Crippen LogP contribution in [-0.4, -0.2) is 0 Å². The van der Waals surface area contributed by atoms with E-state index in [1.807, 2.05) is 11.3 Å². The zero-order chi connectivity index (χ0) is 40.7. The number of anilines is 3. The van der Waals surface area contributed by atoms with Crippen LogP contribution in [0.2, 0.25) is 0 Å². The van der Waals surface area contributed by atoms with Gasteiger partial charge in [0.25, 0.3) is 0 Å². The number of para-hydroxylation sites is 1. The minimum Gasteiger partial charge on any atom is -0.310 e. The number of hydrogen-bond donors (Lipinski definition) is 0. The minimum absolute atomic E-state index is 0.453. The molecule has 1 nitrogen and oxygen atoms in total. The summed E-state index contributed by atoms with van der Waals surface area (Å²) in [7, 11) is 0. The summed E-state index contributed by atoms with van der Waals surface area (Å²) in [6.07, 6.45) is 13.7. The number of fused-ring (bicyclic) bond motifs is 4. The molecule has 9 aromatic rings. The van der Waals surface area contributed by atoms with Crippen LogP contribution < -0.4 is 4.90 Å². The predicted octanol–water partition coefficient (Wildman–Crippen LogP) is 16.9. The van der Waals surface area contributed by atoms with Gasteiger partial charge in [0.15, 0.2) is 0 Å². The van der Waals surface area contributed by atoms with Crippen LogP contribution in [0.1, 0.15) is 12.5 Å². The Labute approximate surface area is 362 Å². The third-order valence-corrected chi connectivity index (χ3v) is 13.5. The molecule has 2 aliphatic carbocycles. The van der Waals surface area contributed by atoms with Crippen LogP contribution in [-0.2, 0) is 0 Å². The third-order valence-electron chi connectivity index (χ3n) is 12.4. The Hall–Kier alpha value is -7.26. The standard InChI is InChI=1S/C59H43NS/c1-40-36-50(38-49-14-5-6-17-53(40)49)47-16-11-15-46(37-47)43-26-31-51(32-27-43)60(57-20-9-7-18-54(57)45-24-22-42(23-25-45)41-12-3-2-4-13-41)52-33-28-44(29-34-52)48-30-35-56-55-19-8-10-21-58(55)61-59(56)39-48/h2-40,53H,1H3. The van der Waals surface area contributed by atoms with Gasteiger partial charge < -0.3 is 4.90 Å². The molecular formula is C59H43NS. The zero-order valence-corrected chi connectivity index (χ0v) is 34.8. The summed E-state index contributed by atoms with van der Waals surface area (Å²) in [6, 6.07) is 71.1. The van der Waals surface area contributed by atoms with Crippen LogP contribution in [0.15, 0.2) is 236 Å². The number of allylic oxidation sites excluding steroid dienone is 8. The van der Waals surface area contributed by atoms with Gasteiger partial charge in [0, 0.05) is 43.0 Å². The van der Waals surface area contributed by atoms with Gasteiger partial charge in [-0.1, -0.05) is 189 Å². The molecule has 0 aliphatic heterocycles. The molecule has 0 radical (unpaired) electrons. The molecule has 2 heteroatoms. The fourth-order valence-electron chi connectivity index (χ4n) is 9.19. The first-order valence-corrected chi connectivity index (χ1v) is 22.0. The summed E-state index contributed by atoms with van der Waals surface area (Å²) in [4.78, 5) is 2.41. The second-order valence-electron chi connectivity index (χ2n) is 16.2. The molecule has 1 heterocycles. The molecule has 0 saturated carbocycles. The van der Waals surface area contributed by atoms with Crippen molar-refractivity contribution in [2.75, 3.05) is 4.90 Å². The highest BCUT2D eigenvalue weighted by molar-refractivity contribution is 7.25. The van der Waals surface area contributed by atoms with Crippen LogP contribution in [0, 0.1) is 11.8 Å². The highest BCUT2D eigenvalue weighted by atomic mass is 32.1. The van der Waals surface area contributed by atoms with Crippen LogP contribution in [0.4, 0.5) is 17.1 Å². The van der Waals surface area contributed by atoms with Crippen molar-refractivity contribution in [3.63, 3.8) is 0 Å². The quantitative estimate of drug-likeness (QED) is 0.148.